The van der Waals surface area contributed by atoms with Crippen LogP contribution < -0.4 is 35.0 Å². The minimum Gasteiger partial charge on any atom is -0.493 e. The molecule has 0 bridgehead atoms. The zero-order valence-electron chi connectivity index (χ0n) is 22.8. The number of urea groups is 1. The highest BCUT2D eigenvalue weighted by Crippen LogP contribution is 2.35. The molecule has 4 N–H and O–H groups in total. The van der Waals surface area contributed by atoms with Crippen LogP contribution in [-0.2, 0) is 9.53 Å². The van der Waals surface area contributed by atoms with Crippen molar-refractivity contribution in [1.82, 2.24) is 16.1 Å². The summed E-state index contributed by atoms with van der Waals surface area (Å²) in [5, 5.41) is 28.5. The number of aliphatic hydroxyl groups excluding tert-OH is 1. The second-order valence-corrected chi connectivity index (χ2v) is 9.56. The first-order valence-electron chi connectivity index (χ1n) is 12.3. The highest BCUT2D eigenvalue weighted by Gasteiger charge is 2.32. The van der Waals surface area contributed by atoms with Crippen molar-refractivity contribution in [3.05, 3.63) is 56.3 Å². The molecule has 14 heteroatoms. The first-order valence-corrected chi connectivity index (χ1v) is 13.4. The van der Waals surface area contributed by atoms with E-state index in [1.54, 1.807) is 44.2 Å². The van der Waals surface area contributed by atoms with Crippen molar-refractivity contribution in [2.24, 2.45) is 5.10 Å². The van der Waals surface area contributed by atoms with Gasteiger partial charge in [-0.2, -0.15) is 10.4 Å². The van der Waals surface area contributed by atoms with Crippen LogP contribution in [0.5, 0.6) is 23.0 Å². The van der Waals surface area contributed by atoms with Crippen LogP contribution in [0.4, 0.5) is 4.79 Å². The number of nitrogens with one attached hydrogen (secondary N) is 3. The Balaban J connectivity index is 1.69. The van der Waals surface area contributed by atoms with Gasteiger partial charge in [0.1, 0.15) is 12.7 Å². The van der Waals surface area contributed by atoms with Crippen LogP contribution in [0.25, 0.3) is 0 Å². The average molecular weight is 679 g/mol. The number of hydrazone groups is 1. The number of hydrogen-bond donors (Lipinski definition) is 4. The molecule has 218 valence electrons. The Hall–Kier alpha value is -4.23. The molecule has 1 aliphatic heterocycles. The second kappa shape index (κ2) is 15.0. The number of methoxy groups -OCH3 is 2. The molecule has 0 aromatic heterocycles. The zero-order chi connectivity index (χ0) is 29.9. The Labute approximate surface area is 250 Å². The summed E-state index contributed by atoms with van der Waals surface area (Å²) in [6.07, 6.45) is 0.323. The maximum Gasteiger partial charge on any atom is 0.337 e. The minimum atomic E-state index is -1.17. The van der Waals surface area contributed by atoms with Crippen molar-refractivity contribution in [2.75, 3.05) is 34.0 Å². The maximum absolute atomic E-state index is 12.4. The smallest absolute Gasteiger partial charge is 0.337 e. The Morgan fingerprint density at radius 3 is 2.68 bits per heavy atom. The number of halogens is 1. The zero-order valence-corrected chi connectivity index (χ0v) is 25.0. The second-order valence-electron chi connectivity index (χ2n) is 8.40. The Kier molecular flexibility index (Phi) is 11.4. The number of hydrogen-bond acceptors (Lipinski definition) is 11. The highest BCUT2D eigenvalue weighted by molar-refractivity contribution is 14.1. The van der Waals surface area contributed by atoms with Crippen molar-refractivity contribution >= 4 is 40.8 Å². The molecule has 2 atom stereocenters. The summed E-state index contributed by atoms with van der Waals surface area (Å²) in [4.78, 5) is 24.5. The predicted octanol–water partition coefficient (Wildman–Crippen LogP) is 2.72. The van der Waals surface area contributed by atoms with Crippen LogP contribution in [0.1, 0.15) is 31.0 Å². The fraction of sp³-hybridized carbons (Fsp3) is 0.333. The quantitative estimate of drug-likeness (QED) is 0.0811. The van der Waals surface area contributed by atoms with E-state index in [1.807, 2.05) is 6.07 Å². The minimum absolute atomic E-state index is 0.110. The van der Waals surface area contributed by atoms with E-state index in [2.05, 4.69) is 43.8 Å². The molecule has 1 heterocycles. The number of nitriles is 1. The highest BCUT2D eigenvalue weighted by atomic mass is 127. The van der Waals surface area contributed by atoms with E-state index >= 15 is 0 Å². The van der Waals surface area contributed by atoms with Gasteiger partial charge in [-0.3, -0.25) is 5.43 Å². The standard InChI is InChI=1S/C27H30IN5O8/c1-5-39-20-12-17(24-23(26(35)38-4)15(2)31-27(36)32-24)6-7-19(20)41-14-22(34)33-30-13-16-10-18(28)25(40-9-8-29)21(11-16)37-3/h6-7,10-13,22,24,33-34H,5,9,14H2,1-4H3,(H2,31,32,36)/b30-13-/t22-,24-/m1/s1. The molecule has 0 saturated carbocycles. The Morgan fingerprint density at radius 1 is 1.22 bits per heavy atom. The monoisotopic (exact) mass is 679 g/mol. The molecule has 0 radical (unpaired) electrons. The van der Waals surface area contributed by atoms with E-state index < -0.39 is 24.3 Å². The van der Waals surface area contributed by atoms with Gasteiger partial charge in [-0.05, 0) is 71.8 Å². The summed E-state index contributed by atoms with van der Waals surface area (Å²) < 4.78 is 27.9. The molecule has 41 heavy (non-hydrogen) atoms. The number of allylic oxidation sites excluding steroid dienone is 1. The van der Waals surface area contributed by atoms with Gasteiger partial charge >= 0.3 is 12.0 Å². The molecule has 2 amide bonds. The van der Waals surface area contributed by atoms with E-state index in [-0.39, 0.29) is 18.8 Å². The summed E-state index contributed by atoms with van der Waals surface area (Å²) in [5.41, 5.74) is 4.48. The number of aliphatic hydroxyl groups is 1. The lowest BCUT2D eigenvalue weighted by molar-refractivity contribution is -0.136. The van der Waals surface area contributed by atoms with E-state index in [4.69, 9.17) is 28.9 Å². The largest absolute Gasteiger partial charge is 0.493 e. The fourth-order valence-corrected chi connectivity index (χ4v) is 4.66. The van der Waals surface area contributed by atoms with Crippen LogP contribution >= 0.6 is 22.6 Å². The molecule has 1 aliphatic rings. The molecular formula is C27H30IN5O8. The van der Waals surface area contributed by atoms with E-state index in [9.17, 15) is 14.7 Å². The summed E-state index contributed by atoms with van der Waals surface area (Å²) in [6, 6.07) is 9.13. The van der Waals surface area contributed by atoms with Crippen LogP contribution in [0.2, 0.25) is 0 Å². The molecule has 2 aromatic rings. The SMILES string of the molecule is CCOc1cc([C@H]2NC(=O)NC(C)=C2C(=O)OC)ccc1OC[C@@H](O)N/N=C\c1cc(I)c(OCC#N)c(OC)c1. The van der Waals surface area contributed by atoms with Gasteiger partial charge in [0.05, 0.1) is 42.2 Å². The molecule has 0 saturated heterocycles. The molecule has 0 fully saturated rings. The van der Waals surface area contributed by atoms with Gasteiger partial charge in [-0.15, -0.1) is 0 Å². The summed E-state index contributed by atoms with van der Waals surface area (Å²) >= 11 is 2.07. The van der Waals surface area contributed by atoms with Crippen LogP contribution in [-0.4, -0.2) is 63.6 Å². The number of carbonyl (C=O) groups is 2. The Morgan fingerprint density at radius 2 is 2.00 bits per heavy atom. The number of rotatable bonds is 13. The van der Waals surface area contributed by atoms with Gasteiger partial charge in [0, 0.05) is 5.70 Å². The van der Waals surface area contributed by atoms with Crippen LogP contribution in [0.3, 0.4) is 0 Å². The molecule has 0 spiro atoms. The van der Waals surface area contributed by atoms with Crippen LogP contribution in [0, 0.1) is 14.9 Å². The third kappa shape index (κ3) is 8.14. The van der Waals surface area contributed by atoms with Gasteiger partial charge < -0.3 is 39.4 Å². The first kappa shape index (κ1) is 31.3. The van der Waals surface area contributed by atoms with Crippen molar-refractivity contribution < 1.29 is 38.4 Å². The normalized spacial score (nSPS) is 15.3. The number of amides is 2. The molecule has 3 rings (SSSR count). The number of ether oxygens (including phenoxy) is 5. The maximum atomic E-state index is 12.4. The van der Waals surface area contributed by atoms with Gasteiger partial charge in [-0.25, -0.2) is 9.59 Å². The predicted molar refractivity (Wildman–Crippen MR) is 156 cm³/mol. The average Bonchev–Trinajstić information content (AvgIpc) is 2.95. The van der Waals surface area contributed by atoms with Crippen LogP contribution in [0.15, 0.2) is 46.7 Å². The van der Waals surface area contributed by atoms with E-state index in [1.165, 1.54) is 20.4 Å². The lowest BCUT2D eigenvalue weighted by Crippen LogP contribution is -2.45. The van der Waals surface area contributed by atoms with Crippen molar-refractivity contribution in [3.63, 3.8) is 0 Å². The topological polar surface area (TPSA) is 173 Å². The molecular weight excluding hydrogens is 649 g/mol. The lowest BCUT2D eigenvalue weighted by atomic mass is 9.95. The van der Waals surface area contributed by atoms with E-state index in [0.717, 1.165) is 3.57 Å². The Bertz CT molecular complexity index is 1370. The van der Waals surface area contributed by atoms with Crippen molar-refractivity contribution in [1.29, 1.82) is 5.26 Å². The van der Waals surface area contributed by atoms with Gasteiger partial charge in [0.2, 0.25) is 0 Å². The molecule has 13 nitrogen and oxygen atoms in total. The lowest BCUT2D eigenvalue weighted by Gasteiger charge is -2.28. The van der Waals surface area contributed by atoms with Gasteiger partial charge in [0.25, 0.3) is 0 Å². The summed E-state index contributed by atoms with van der Waals surface area (Å²) in [6.45, 7) is 3.46. The molecule has 0 aliphatic carbocycles. The number of esters is 1. The van der Waals surface area contributed by atoms with Crippen molar-refractivity contribution in [3.8, 4) is 29.1 Å². The third-order valence-electron chi connectivity index (χ3n) is 5.64. The number of benzene rings is 2. The first-order chi connectivity index (χ1) is 19.7. The fourth-order valence-electron chi connectivity index (χ4n) is 3.88. The van der Waals surface area contributed by atoms with Gasteiger partial charge in [-0.1, -0.05) is 6.07 Å². The summed E-state index contributed by atoms with van der Waals surface area (Å²) in [7, 11) is 2.76. The molecule has 2 aromatic carbocycles. The molecule has 0 unspecified atom stereocenters. The van der Waals surface area contributed by atoms with Gasteiger partial charge in [0.15, 0.2) is 35.8 Å². The number of carbonyl (C=O) groups excluding carboxylic acids is 2. The summed E-state index contributed by atoms with van der Waals surface area (Å²) in [5.74, 6) is 1.02. The van der Waals surface area contributed by atoms with Crippen molar-refractivity contribution in [2.45, 2.75) is 26.1 Å². The number of nitrogens with zero attached hydrogens (tertiary/aromatic N) is 2. The van der Waals surface area contributed by atoms with E-state index in [0.29, 0.717) is 46.4 Å². The third-order valence-corrected chi connectivity index (χ3v) is 6.44.